The summed E-state index contributed by atoms with van der Waals surface area (Å²) in [5, 5.41) is 2.68. The van der Waals surface area contributed by atoms with Gasteiger partial charge in [-0.1, -0.05) is 0 Å². The van der Waals surface area contributed by atoms with E-state index in [0.717, 1.165) is 0 Å². The standard InChI is InChI=1S/C22H28FN5O4S/c1-20-8-5-9-21(2,33(20,30)31)22(3,28-19(20)24)14-10-13(6-7-15(14)23)27-18(29)16-11-26-17(32-4)12-25-16/h6-7,10-12,30-31H,5,8-9H2,1-4H3,(H2,24,28)(H,27,29)/t20-,21+,22+/m0/s1. The lowest BCUT2D eigenvalue weighted by Gasteiger charge is -2.68. The SMILES string of the molecule is COc1cnc(C(=O)Nc2ccc(F)c([C@@]3(C)N=C(N)[C@]4(C)CCC[C@@]3(C)S4(O)O)c2)cn1. The summed E-state index contributed by atoms with van der Waals surface area (Å²) in [6.45, 7) is 5.10. The Morgan fingerprint density at radius 2 is 1.94 bits per heavy atom. The number of fused-ring (bicyclic) bond motifs is 2. The summed E-state index contributed by atoms with van der Waals surface area (Å²) >= 11 is 0. The van der Waals surface area contributed by atoms with Crippen LogP contribution in [0, 0.1) is 5.82 Å². The number of nitrogens with two attached hydrogens (primary N) is 1. The molecule has 0 spiro atoms. The van der Waals surface area contributed by atoms with Crippen LogP contribution >= 0.6 is 10.6 Å². The van der Waals surface area contributed by atoms with Crippen LogP contribution in [0.1, 0.15) is 56.1 Å². The minimum absolute atomic E-state index is 0.0528. The van der Waals surface area contributed by atoms with Crippen LogP contribution in [0.5, 0.6) is 5.88 Å². The lowest BCUT2D eigenvalue weighted by atomic mass is 9.74. The van der Waals surface area contributed by atoms with Gasteiger partial charge >= 0.3 is 0 Å². The van der Waals surface area contributed by atoms with Crippen LogP contribution in [-0.2, 0) is 5.54 Å². The number of rotatable bonds is 4. The topological polar surface area (TPSA) is 143 Å². The maximum atomic E-state index is 15.2. The number of nitrogens with one attached hydrogen (secondary N) is 1. The number of ether oxygens (including phenoxy) is 1. The van der Waals surface area contributed by atoms with Gasteiger partial charge in [-0.2, -0.15) is 10.6 Å². The number of halogens is 1. The van der Waals surface area contributed by atoms with Gasteiger partial charge in [0.15, 0.2) is 0 Å². The van der Waals surface area contributed by atoms with Crippen molar-refractivity contribution in [3.63, 3.8) is 0 Å². The number of benzene rings is 1. The molecule has 1 fully saturated rings. The van der Waals surface area contributed by atoms with Crippen molar-refractivity contribution in [1.29, 1.82) is 0 Å². The van der Waals surface area contributed by atoms with Crippen molar-refractivity contribution in [2.45, 2.75) is 55.1 Å². The van der Waals surface area contributed by atoms with Crippen molar-refractivity contribution in [2.24, 2.45) is 10.7 Å². The summed E-state index contributed by atoms with van der Waals surface area (Å²) in [7, 11) is -1.87. The normalized spacial score (nSPS) is 31.3. The van der Waals surface area contributed by atoms with Crippen molar-refractivity contribution in [3.05, 3.63) is 47.7 Å². The van der Waals surface area contributed by atoms with Gasteiger partial charge < -0.3 is 15.8 Å². The lowest BCUT2D eigenvalue weighted by molar-refractivity contribution is 0.102. The van der Waals surface area contributed by atoms with E-state index in [4.69, 9.17) is 10.5 Å². The summed E-state index contributed by atoms with van der Waals surface area (Å²) in [5.41, 5.74) is 5.38. The molecule has 33 heavy (non-hydrogen) atoms. The fraction of sp³-hybridized carbons (Fsp3) is 0.455. The molecule has 4 rings (SSSR count). The summed E-state index contributed by atoms with van der Waals surface area (Å²) in [4.78, 5) is 25.3. The molecule has 0 saturated carbocycles. The molecule has 1 aromatic carbocycles. The van der Waals surface area contributed by atoms with Gasteiger partial charge in [0.05, 0.1) is 24.3 Å². The van der Waals surface area contributed by atoms with Gasteiger partial charge in [-0.3, -0.25) is 18.9 Å². The smallest absolute Gasteiger partial charge is 0.275 e. The number of aliphatic imine (C=N–C) groups is 1. The Hall–Kier alpha value is -2.76. The van der Waals surface area contributed by atoms with Crippen LogP contribution in [0.4, 0.5) is 10.1 Å². The molecule has 11 heteroatoms. The number of amidine groups is 1. The third kappa shape index (κ3) is 3.21. The van der Waals surface area contributed by atoms with Gasteiger partial charge in [-0.15, -0.1) is 0 Å². The van der Waals surface area contributed by atoms with Crippen molar-refractivity contribution in [1.82, 2.24) is 9.97 Å². The van der Waals surface area contributed by atoms with Crippen molar-refractivity contribution >= 4 is 28.0 Å². The number of carbonyl (C=O) groups is 1. The Labute approximate surface area is 193 Å². The minimum atomic E-state index is -3.31. The second-order valence-corrected chi connectivity index (χ2v) is 11.9. The first-order valence-electron chi connectivity index (χ1n) is 10.5. The Morgan fingerprint density at radius 1 is 1.21 bits per heavy atom. The quantitative estimate of drug-likeness (QED) is 0.523. The fourth-order valence-electron chi connectivity index (χ4n) is 4.87. The van der Waals surface area contributed by atoms with Crippen LogP contribution in [0.3, 0.4) is 0 Å². The van der Waals surface area contributed by atoms with E-state index < -0.39 is 37.3 Å². The number of carbonyl (C=O) groups excluding carboxylic acids is 1. The molecule has 0 aliphatic carbocycles. The largest absolute Gasteiger partial charge is 0.480 e. The number of methoxy groups -OCH3 is 1. The van der Waals surface area contributed by atoms with E-state index in [0.29, 0.717) is 24.9 Å². The molecule has 5 N–H and O–H groups in total. The molecule has 3 atom stereocenters. The average Bonchev–Trinajstić information content (AvgIpc) is 2.78. The van der Waals surface area contributed by atoms with Gasteiger partial charge in [0.1, 0.15) is 27.6 Å². The number of hydrogen-bond acceptors (Lipinski definition) is 8. The fourth-order valence-corrected chi connectivity index (χ4v) is 7.77. The third-order valence-electron chi connectivity index (χ3n) is 7.30. The summed E-state index contributed by atoms with van der Waals surface area (Å²) in [5.74, 6) is -0.755. The summed E-state index contributed by atoms with van der Waals surface area (Å²) in [6.07, 6.45) is 4.22. The minimum Gasteiger partial charge on any atom is -0.480 e. The highest BCUT2D eigenvalue weighted by Gasteiger charge is 2.67. The highest BCUT2D eigenvalue weighted by atomic mass is 32.3. The molecule has 2 aromatic rings. The summed E-state index contributed by atoms with van der Waals surface area (Å²) < 4.78 is 40.7. The first kappa shape index (κ1) is 23.4. The summed E-state index contributed by atoms with van der Waals surface area (Å²) in [6, 6.07) is 4.09. The number of anilines is 1. The zero-order chi connectivity index (χ0) is 24.2. The highest BCUT2D eigenvalue weighted by molar-refractivity contribution is 8.27. The molecule has 178 valence electrons. The predicted molar refractivity (Wildman–Crippen MR) is 125 cm³/mol. The van der Waals surface area contributed by atoms with Crippen LogP contribution in [0.25, 0.3) is 0 Å². The molecule has 2 bridgehead atoms. The van der Waals surface area contributed by atoms with Crippen molar-refractivity contribution in [2.75, 3.05) is 12.4 Å². The molecule has 0 unspecified atom stereocenters. The van der Waals surface area contributed by atoms with E-state index >= 15 is 4.39 Å². The number of hydrogen-bond donors (Lipinski definition) is 4. The Balaban J connectivity index is 1.76. The third-order valence-corrected chi connectivity index (χ3v) is 10.8. The molecule has 9 nitrogen and oxygen atoms in total. The Morgan fingerprint density at radius 3 is 2.58 bits per heavy atom. The Kier molecular flexibility index (Phi) is 5.42. The predicted octanol–water partition coefficient (Wildman–Crippen LogP) is 3.91. The van der Waals surface area contributed by atoms with Crippen molar-refractivity contribution in [3.8, 4) is 5.88 Å². The average molecular weight is 478 g/mol. The lowest BCUT2D eigenvalue weighted by Crippen LogP contribution is -2.66. The second kappa shape index (κ2) is 7.64. The van der Waals surface area contributed by atoms with E-state index in [1.54, 1.807) is 20.8 Å². The zero-order valence-electron chi connectivity index (χ0n) is 18.9. The van der Waals surface area contributed by atoms with Crippen LogP contribution < -0.4 is 15.8 Å². The van der Waals surface area contributed by atoms with Gasteiger partial charge in [0, 0.05) is 11.3 Å². The number of aromatic nitrogens is 2. The van der Waals surface area contributed by atoms with E-state index in [1.165, 1.54) is 37.7 Å². The number of amides is 1. The molecule has 3 heterocycles. The molecular formula is C22H28FN5O4S. The van der Waals surface area contributed by atoms with Crippen LogP contribution in [-0.4, -0.2) is 47.4 Å². The molecule has 2 aliphatic heterocycles. The first-order valence-corrected chi connectivity index (χ1v) is 12.0. The zero-order valence-corrected chi connectivity index (χ0v) is 19.7. The molecule has 2 aliphatic rings. The highest BCUT2D eigenvalue weighted by Crippen LogP contribution is 2.75. The van der Waals surface area contributed by atoms with Crippen LogP contribution in [0.15, 0.2) is 35.6 Å². The van der Waals surface area contributed by atoms with Gasteiger partial charge in [0.2, 0.25) is 5.88 Å². The van der Waals surface area contributed by atoms with Gasteiger partial charge in [-0.25, -0.2) is 14.4 Å². The molecule has 0 radical (unpaired) electrons. The first-order chi connectivity index (χ1) is 15.4. The van der Waals surface area contributed by atoms with E-state index in [1.807, 2.05) is 0 Å². The van der Waals surface area contributed by atoms with Gasteiger partial charge in [-0.05, 0) is 58.2 Å². The Bertz CT molecular complexity index is 1140. The molecule has 1 saturated heterocycles. The number of nitrogens with zero attached hydrogens (tertiary/aromatic N) is 3. The van der Waals surface area contributed by atoms with E-state index in [9.17, 15) is 13.9 Å². The maximum Gasteiger partial charge on any atom is 0.275 e. The molecule has 1 amide bonds. The molecule has 1 aromatic heterocycles. The van der Waals surface area contributed by atoms with Crippen LogP contribution in [0.2, 0.25) is 0 Å². The van der Waals surface area contributed by atoms with E-state index in [2.05, 4.69) is 20.3 Å². The monoisotopic (exact) mass is 477 g/mol. The second-order valence-electron chi connectivity index (χ2n) is 9.03. The van der Waals surface area contributed by atoms with E-state index in [-0.39, 0.29) is 23.0 Å². The van der Waals surface area contributed by atoms with Crippen molar-refractivity contribution < 1.29 is 23.0 Å². The molecular weight excluding hydrogens is 449 g/mol. The maximum absolute atomic E-state index is 15.2. The van der Waals surface area contributed by atoms with Gasteiger partial charge in [0.25, 0.3) is 5.91 Å².